The van der Waals surface area contributed by atoms with Gasteiger partial charge in [0.2, 0.25) is 0 Å². The number of hydrogen-bond acceptors (Lipinski definition) is 2. The van der Waals surface area contributed by atoms with Crippen molar-refractivity contribution in [3.8, 4) is 0 Å². The van der Waals surface area contributed by atoms with Crippen LogP contribution in [0.15, 0.2) is 0 Å². The van der Waals surface area contributed by atoms with Gasteiger partial charge in [0.1, 0.15) is 5.54 Å². The van der Waals surface area contributed by atoms with Crippen LogP contribution in [0.2, 0.25) is 0 Å². The Balaban J connectivity index is 2.95. The van der Waals surface area contributed by atoms with Gasteiger partial charge < -0.3 is 10.8 Å². The average Bonchev–Trinajstić information content (AvgIpc) is 2.30. The highest BCUT2D eigenvalue weighted by Gasteiger charge is 2.61. The van der Waals surface area contributed by atoms with Gasteiger partial charge in [-0.2, -0.15) is 13.2 Å². The zero-order valence-corrected chi connectivity index (χ0v) is 6.77. The molecule has 3 N–H and O–H groups in total. The first kappa shape index (κ1) is 10.3. The van der Waals surface area contributed by atoms with Crippen LogP contribution in [0.3, 0.4) is 0 Å². The third kappa shape index (κ3) is 1.50. The number of aliphatic carboxylic acids is 1. The van der Waals surface area contributed by atoms with Crippen molar-refractivity contribution in [2.75, 3.05) is 0 Å². The van der Waals surface area contributed by atoms with Crippen LogP contribution in [0.1, 0.15) is 19.3 Å². The van der Waals surface area contributed by atoms with Crippen LogP contribution in [0.25, 0.3) is 0 Å². The number of carboxylic acid groups (broad SMARTS) is 1. The van der Waals surface area contributed by atoms with E-state index in [0.717, 1.165) is 0 Å². The Bertz CT molecular complexity index is 228. The number of halogens is 3. The van der Waals surface area contributed by atoms with Gasteiger partial charge in [-0.3, -0.25) is 4.79 Å². The summed E-state index contributed by atoms with van der Waals surface area (Å²) in [5.74, 6) is -2.95. The van der Waals surface area contributed by atoms with E-state index < -0.39 is 23.6 Å². The first-order valence-corrected chi connectivity index (χ1v) is 3.87. The fourth-order valence-electron chi connectivity index (χ4n) is 1.71. The monoisotopic (exact) mass is 197 g/mol. The van der Waals surface area contributed by atoms with Crippen molar-refractivity contribution in [3.05, 3.63) is 0 Å². The van der Waals surface area contributed by atoms with Crippen molar-refractivity contribution >= 4 is 5.97 Å². The normalized spacial score (nSPS) is 34.9. The second-order valence-electron chi connectivity index (χ2n) is 3.32. The lowest BCUT2D eigenvalue weighted by molar-refractivity contribution is -0.201. The summed E-state index contributed by atoms with van der Waals surface area (Å²) < 4.78 is 37.1. The predicted molar refractivity (Wildman–Crippen MR) is 38.0 cm³/mol. The highest BCUT2D eigenvalue weighted by atomic mass is 19.4. The Morgan fingerprint density at radius 1 is 1.54 bits per heavy atom. The third-order valence-electron chi connectivity index (χ3n) is 2.53. The van der Waals surface area contributed by atoms with E-state index in [1.54, 1.807) is 0 Å². The molecule has 0 aromatic carbocycles. The van der Waals surface area contributed by atoms with Crippen LogP contribution in [0.5, 0.6) is 0 Å². The molecule has 1 aliphatic rings. The molecular weight excluding hydrogens is 187 g/mol. The molecular formula is C7H10F3NO2. The molecule has 1 rings (SSSR count). The molecule has 0 heterocycles. The van der Waals surface area contributed by atoms with E-state index in [0.29, 0.717) is 0 Å². The zero-order chi connectivity index (χ0) is 10.3. The fraction of sp³-hybridized carbons (Fsp3) is 0.857. The van der Waals surface area contributed by atoms with Crippen molar-refractivity contribution in [2.24, 2.45) is 11.7 Å². The summed E-state index contributed by atoms with van der Waals surface area (Å²) in [5, 5.41) is 8.53. The zero-order valence-electron chi connectivity index (χ0n) is 6.77. The summed E-state index contributed by atoms with van der Waals surface area (Å²) in [7, 11) is 0. The van der Waals surface area contributed by atoms with E-state index in [1.165, 1.54) is 0 Å². The van der Waals surface area contributed by atoms with E-state index in [-0.39, 0.29) is 19.3 Å². The second-order valence-corrected chi connectivity index (χ2v) is 3.32. The molecule has 13 heavy (non-hydrogen) atoms. The predicted octanol–water partition coefficient (Wildman–Crippen LogP) is 1.13. The Hall–Kier alpha value is -0.780. The molecule has 76 valence electrons. The minimum Gasteiger partial charge on any atom is -0.481 e. The molecule has 0 bridgehead atoms. The maximum atomic E-state index is 12.4. The topological polar surface area (TPSA) is 63.3 Å². The maximum absolute atomic E-state index is 12.4. The van der Waals surface area contributed by atoms with Gasteiger partial charge in [0.05, 0.1) is 5.92 Å². The summed E-state index contributed by atoms with van der Waals surface area (Å²) >= 11 is 0. The van der Waals surface area contributed by atoms with Crippen molar-refractivity contribution in [2.45, 2.75) is 31.0 Å². The molecule has 1 aliphatic carbocycles. The number of hydrogen-bond donors (Lipinski definition) is 2. The van der Waals surface area contributed by atoms with Gasteiger partial charge in [0.15, 0.2) is 0 Å². The highest BCUT2D eigenvalue weighted by Crippen LogP contribution is 2.44. The molecule has 0 radical (unpaired) electrons. The number of alkyl halides is 3. The minimum atomic E-state index is -4.63. The molecule has 3 nitrogen and oxygen atoms in total. The van der Waals surface area contributed by atoms with Crippen molar-refractivity contribution in [1.82, 2.24) is 0 Å². The van der Waals surface area contributed by atoms with Crippen LogP contribution in [-0.2, 0) is 4.79 Å². The van der Waals surface area contributed by atoms with Crippen molar-refractivity contribution in [3.63, 3.8) is 0 Å². The van der Waals surface area contributed by atoms with Gasteiger partial charge in [0, 0.05) is 0 Å². The minimum absolute atomic E-state index is 0.00530. The lowest BCUT2D eigenvalue weighted by Crippen LogP contribution is -2.58. The number of nitrogens with two attached hydrogens (primary N) is 1. The Morgan fingerprint density at radius 3 is 2.38 bits per heavy atom. The molecule has 0 spiro atoms. The smallest absolute Gasteiger partial charge is 0.407 e. The van der Waals surface area contributed by atoms with E-state index in [4.69, 9.17) is 10.8 Å². The van der Waals surface area contributed by atoms with Gasteiger partial charge in [0.25, 0.3) is 0 Å². The maximum Gasteiger partial charge on any atom is 0.407 e. The van der Waals surface area contributed by atoms with Crippen molar-refractivity contribution in [1.29, 1.82) is 0 Å². The van der Waals surface area contributed by atoms with Gasteiger partial charge in [-0.1, -0.05) is 6.42 Å². The van der Waals surface area contributed by atoms with E-state index in [9.17, 15) is 18.0 Å². The fourth-order valence-corrected chi connectivity index (χ4v) is 1.71. The summed E-state index contributed by atoms with van der Waals surface area (Å²) in [6.07, 6.45) is -4.71. The first-order chi connectivity index (χ1) is 5.79. The SMILES string of the molecule is NC1(C(F)(F)F)CCCC1C(=O)O. The molecule has 0 aromatic rings. The lowest BCUT2D eigenvalue weighted by Gasteiger charge is -2.30. The summed E-state index contributed by atoms with van der Waals surface area (Å²) in [5.41, 5.74) is 2.55. The Kier molecular flexibility index (Phi) is 2.27. The molecule has 0 aliphatic heterocycles. The Morgan fingerprint density at radius 2 is 2.08 bits per heavy atom. The second kappa shape index (κ2) is 2.87. The van der Waals surface area contributed by atoms with Crippen LogP contribution in [0.4, 0.5) is 13.2 Å². The molecule has 0 amide bonds. The summed E-state index contributed by atoms with van der Waals surface area (Å²) in [6, 6.07) is 0. The van der Waals surface area contributed by atoms with E-state index >= 15 is 0 Å². The van der Waals surface area contributed by atoms with Gasteiger partial charge in [-0.05, 0) is 12.8 Å². The van der Waals surface area contributed by atoms with Crippen LogP contribution in [-0.4, -0.2) is 22.8 Å². The number of carbonyl (C=O) groups is 1. The summed E-state index contributed by atoms with van der Waals surface area (Å²) in [4.78, 5) is 10.5. The van der Waals surface area contributed by atoms with Gasteiger partial charge in [-0.25, -0.2) is 0 Å². The van der Waals surface area contributed by atoms with Gasteiger partial charge in [-0.15, -0.1) is 0 Å². The average molecular weight is 197 g/mol. The lowest BCUT2D eigenvalue weighted by atomic mass is 9.87. The van der Waals surface area contributed by atoms with Gasteiger partial charge >= 0.3 is 12.1 Å². The molecule has 1 saturated carbocycles. The standard InChI is InChI=1S/C7H10F3NO2/c8-7(9,10)6(11)3-1-2-4(6)5(12)13/h4H,1-3,11H2,(H,12,13). The van der Waals surface area contributed by atoms with Crippen LogP contribution >= 0.6 is 0 Å². The molecule has 6 heteroatoms. The number of carboxylic acids is 1. The molecule has 0 saturated heterocycles. The summed E-state index contributed by atoms with van der Waals surface area (Å²) in [6.45, 7) is 0. The highest BCUT2D eigenvalue weighted by molar-refractivity contribution is 5.72. The number of rotatable bonds is 1. The molecule has 0 aromatic heterocycles. The van der Waals surface area contributed by atoms with E-state index in [1.807, 2.05) is 0 Å². The Labute approximate surface area is 72.7 Å². The quantitative estimate of drug-likeness (QED) is 0.662. The molecule has 2 unspecified atom stereocenters. The van der Waals surface area contributed by atoms with E-state index in [2.05, 4.69) is 0 Å². The third-order valence-corrected chi connectivity index (χ3v) is 2.53. The largest absolute Gasteiger partial charge is 0.481 e. The van der Waals surface area contributed by atoms with Crippen molar-refractivity contribution < 1.29 is 23.1 Å². The van der Waals surface area contributed by atoms with Crippen LogP contribution < -0.4 is 5.73 Å². The van der Waals surface area contributed by atoms with Crippen LogP contribution in [0, 0.1) is 5.92 Å². The molecule has 1 fully saturated rings. The first-order valence-electron chi connectivity index (χ1n) is 3.87. The molecule has 2 atom stereocenters.